The standard InChI is InChI=1S/C12H25NO/c1-12(2,3)11-6-5-10(13)7-9(11)8-14-4/h9-11H,5-8,13H2,1-4H3. The van der Waals surface area contributed by atoms with Crippen LogP contribution in [0.1, 0.15) is 40.0 Å². The lowest BCUT2D eigenvalue weighted by Gasteiger charge is -2.42. The molecule has 84 valence electrons. The van der Waals surface area contributed by atoms with Crippen molar-refractivity contribution in [3.05, 3.63) is 0 Å². The lowest BCUT2D eigenvalue weighted by Crippen LogP contribution is -2.40. The number of ether oxygens (including phenoxy) is 1. The molecule has 1 saturated carbocycles. The van der Waals surface area contributed by atoms with Crippen molar-refractivity contribution in [1.29, 1.82) is 0 Å². The highest BCUT2D eigenvalue weighted by Gasteiger charge is 2.36. The van der Waals surface area contributed by atoms with Gasteiger partial charge in [-0.05, 0) is 36.5 Å². The number of hydrogen-bond donors (Lipinski definition) is 1. The van der Waals surface area contributed by atoms with Gasteiger partial charge in [-0.25, -0.2) is 0 Å². The van der Waals surface area contributed by atoms with E-state index in [-0.39, 0.29) is 0 Å². The molecule has 2 heteroatoms. The fraction of sp³-hybridized carbons (Fsp3) is 1.00. The van der Waals surface area contributed by atoms with E-state index in [9.17, 15) is 0 Å². The van der Waals surface area contributed by atoms with E-state index < -0.39 is 0 Å². The van der Waals surface area contributed by atoms with E-state index in [0.29, 0.717) is 17.4 Å². The first kappa shape index (κ1) is 12.0. The van der Waals surface area contributed by atoms with Gasteiger partial charge in [0.15, 0.2) is 0 Å². The Morgan fingerprint density at radius 2 is 1.93 bits per heavy atom. The van der Waals surface area contributed by atoms with E-state index in [0.717, 1.165) is 18.9 Å². The Morgan fingerprint density at radius 1 is 1.29 bits per heavy atom. The predicted molar refractivity (Wildman–Crippen MR) is 60.1 cm³/mol. The lowest BCUT2D eigenvalue weighted by atomic mass is 9.66. The Kier molecular flexibility index (Phi) is 3.96. The van der Waals surface area contributed by atoms with Crippen LogP contribution >= 0.6 is 0 Å². The zero-order valence-electron chi connectivity index (χ0n) is 10.0. The molecule has 2 N–H and O–H groups in total. The van der Waals surface area contributed by atoms with E-state index in [4.69, 9.17) is 10.5 Å². The van der Waals surface area contributed by atoms with Crippen LogP contribution in [0, 0.1) is 17.3 Å². The zero-order valence-corrected chi connectivity index (χ0v) is 10.0. The average Bonchev–Trinajstić information content (AvgIpc) is 2.02. The van der Waals surface area contributed by atoms with Crippen molar-refractivity contribution in [1.82, 2.24) is 0 Å². The van der Waals surface area contributed by atoms with E-state index in [1.54, 1.807) is 7.11 Å². The van der Waals surface area contributed by atoms with Gasteiger partial charge in [-0.3, -0.25) is 0 Å². The highest BCUT2D eigenvalue weighted by atomic mass is 16.5. The third-order valence-corrected chi connectivity index (χ3v) is 3.52. The Hall–Kier alpha value is -0.0800. The Labute approximate surface area is 88.2 Å². The van der Waals surface area contributed by atoms with E-state index >= 15 is 0 Å². The first-order chi connectivity index (χ1) is 6.45. The van der Waals surface area contributed by atoms with Crippen LogP contribution in [-0.2, 0) is 4.74 Å². The van der Waals surface area contributed by atoms with Crippen molar-refractivity contribution in [2.75, 3.05) is 13.7 Å². The van der Waals surface area contributed by atoms with Gasteiger partial charge in [-0.2, -0.15) is 0 Å². The quantitative estimate of drug-likeness (QED) is 0.741. The van der Waals surface area contributed by atoms with Crippen LogP contribution in [0.4, 0.5) is 0 Å². The van der Waals surface area contributed by atoms with E-state index in [1.807, 2.05) is 0 Å². The summed E-state index contributed by atoms with van der Waals surface area (Å²) >= 11 is 0. The van der Waals surface area contributed by atoms with Gasteiger partial charge in [0.2, 0.25) is 0 Å². The Morgan fingerprint density at radius 3 is 2.43 bits per heavy atom. The van der Waals surface area contributed by atoms with E-state index in [2.05, 4.69) is 20.8 Å². The Balaban J connectivity index is 2.62. The summed E-state index contributed by atoms with van der Waals surface area (Å²) in [5.74, 6) is 1.42. The highest BCUT2D eigenvalue weighted by Crippen LogP contribution is 2.41. The SMILES string of the molecule is COCC1CC(N)CCC1C(C)(C)C. The third kappa shape index (κ3) is 2.96. The Bertz CT molecular complexity index is 174. The predicted octanol–water partition coefficient (Wildman–Crippen LogP) is 2.42. The summed E-state index contributed by atoms with van der Waals surface area (Å²) in [6, 6.07) is 0.397. The van der Waals surface area contributed by atoms with Crippen LogP contribution < -0.4 is 5.73 Å². The first-order valence-corrected chi connectivity index (χ1v) is 5.69. The van der Waals surface area contributed by atoms with Gasteiger partial charge in [0, 0.05) is 19.8 Å². The molecule has 2 nitrogen and oxygen atoms in total. The molecule has 0 bridgehead atoms. The molecular weight excluding hydrogens is 174 g/mol. The van der Waals surface area contributed by atoms with Crippen molar-refractivity contribution in [2.24, 2.45) is 23.0 Å². The molecule has 0 aromatic carbocycles. The maximum absolute atomic E-state index is 6.01. The van der Waals surface area contributed by atoms with Crippen LogP contribution in [0.25, 0.3) is 0 Å². The van der Waals surface area contributed by atoms with Gasteiger partial charge in [0.25, 0.3) is 0 Å². The van der Waals surface area contributed by atoms with Crippen LogP contribution in [0.15, 0.2) is 0 Å². The highest BCUT2D eigenvalue weighted by molar-refractivity contribution is 4.87. The van der Waals surface area contributed by atoms with Crippen molar-refractivity contribution in [3.8, 4) is 0 Å². The van der Waals surface area contributed by atoms with Gasteiger partial charge in [0.05, 0.1) is 0 Å². The molecule has 0 aromatic rings. The molecule has 0 aromatic heterocycles. The summed E-state index contributed by atoms with van der Waals surface area (Å²) in [5.41, 5.74) is 6.40. The normalized spacial score (nSPS) is 34.5. The summed E-state index contributed by atoms with van der Waals surface area (Å²) in [6.07, 6.45) is 3.58. The molecule has 0 radical (unpaired) electrons. The summed E-state index contributed by atoms with van der Waals surface area (Å²) < 4.78 is 5.30. The second kappa shape index (κ2) is 4.63. The minimum Gasteiger partial charge on any atom is -0.384 e. The summed E-state index contributed by atoms with van der Waals surface area (Å²) in [7, 11) is 1.79. The average molecular weight is 199 g/mol. The van der Waals surface area contributed by atoms with E-state index in [1.165, 1.54) is 12.8 Å². The molecule has 0 aliphatic heterocycles. The molecule has 1 fully saturated rings. The first-order valence-electron chi connectivity index (χ1n) is 5.69. The largest absolute Gasteiger partial charge is 0.384 e. The van der Waals surface area contributed by atoms with Crippen LogP contribution in [0.3, 0.4) is 0 Å². The monoisotopic (exact) mass is 199 g/mol. The van der Waals surface area contributed by atoms with Crippen molar-refractivity contribution in [2.45, 2.75) is 46.1 Å². The van der Waals surface area contributed by atoms with Crippen molar-refractivity contribution < 1.29 is 4.74 Å². The molecule has 0 heterocycles. The smallest absolute Gasteiger partial charge is 0.0493 e. The molecule has 14 heavy (non-hydrogen) atoms. The summed E-state index contributed by atoms with van der Waals surface area (Å²) in [4.78, 5) is 0. The summed E-state index contributed by atoms with van der Waals surface area (Å²) in [6.45, 7) is 7.86. The van der Waals surface area contributed by atoms with Gasteiger partial charge < -0.3 is 10.5 Å². The molecule has 3 atom stereocenters. The van der Waals surface area contributed by atoms with Gasteiger partial charge in [-0.1, -0.05) is 20.8 Å². The molecule has 1 aliphatic rings. The fourth-order valence-electron chi connectivity index (χ4n) is 2.84. The minimum absolute atomic E-state index is 0.392. The molecule has 1 rings (SSSR count). The minimum atomic E-state index is 0.392. The van der Waals surface area contributed by atoms with Gasteiger partial charge >= 0.3 is 0 Å². The maximum Gasteiger partial charge on any atom is 0.0493 e. The van der Waals surface area contributed by atoms with Crippen LogP contribution in [-0.4, -0.2) is 19.8 Å². The maximum atomic E-state index is 6.01. The van der Waals surface area contributed by atoms with Crippen molar-refractivity contribution in [3.63, 3.8) is 0 Å². The number of methoxy groups -OCH3 is 1. The molecule has 0 saturated heterocycles. The number of rotatable bonds is 2. The number of hydrogen-bond acceptors (Lipinski definition) is 2. The zero-order chi connectivity index (χ0) is 10.8. The van der Waals surface area contributed by atoms with Crippen molar-refractivity contribution >= 4 is 0 Å². The molecule has 0 amide bonds. The second-order valence-corrected chi connectivity index (χ2v) is 5.76. The van der Waals surface area contributed by atoms with Crippen LogP contribution in [0.5, 0.6) is 0 Å². The van der Waals surface area contributed by atoms with Crippen LogP contribution in [0.2, 0.25) is 0 Å². The molecule has 0 spiro atoms. The molecular formula is C12H25NO. The summed E-state index contributed by atoms with van der Waals surface area (Å²) in [5, 5.41) is 0. The van der Waals surface area contributed by atoms with Gasteiger partial charge in [0.1, 0.15) is 0 Å². The van der Waals surface area contributed by atoms with Gasteiger partial charge in [-0.15, -0.1) is 0 Å². The second-order valence-electron chi connectivity index (χ2n) is 5.76. The molecule has 1 aliphatic carbocycles. The number of nitrogens with two attached hydrogens (primary N) is 1. The topological polar surface area (TPSA) is 35.2 Å². The lowest BCUT2D eigenvalue weighted by molar-refractivity contribution is 0.0353. The third-order valence-electron chi connectivity index (χ3n) is 3.52. The molecule has 3 unspecified atom stereocenters. The fourth-order valence-corrected chi connectivity index (χ4v) is 2.84.